The molecule has 1 atom stereocenters. The number of rotatable bonds is 6. The molecule has 6 nitrogen and oxygen atoms in total. The standard InChI is InChI=1S/C26H27NO5/c1-30-20-12-8-17(9-13-20)15-27-16-23(26(29)32-3)22(25(28)31-2)14-19-6-4-5-7-21(19)24(27)18-10-11-18/h4-9,12-14,16,18,24H,10-11,15H2,1-3H3. The first-order chi connectivity index (χ1) is 15.5. The third kappa shape index (κ3) is 4.40. The molecule has 2 aromatic carbocycles. The second-order valence-corrected chi connectivity index (χ2v) is 8.02. The highest BCUT2D eigenvalue weighted by Gasteiger charge is 2.38. The van der Waals surface area contributed by atoms with Gasteiger partial charge < -0.3 is 19.1 Å². The Kier molecular flexibility index (Phi) is 6.30. The van der Waals surface area contributed by atoms with E-state index in [9.17, 15) is 9.59 Å². The van der Waals surface area contributed by atoms with E-state index in [0.717, 1.165) is 35.3 Å². The number of ether oxygens (including phenoxy) is 3. The van der Waals surface area contributed by atoms with Crippen LogP contribution in [0.25, 0.3) is 6.08 Å². The molecular weight excluding hydrogens is 406 g/mol. The first kappa shape index (κ1) is 21.7. The van der Waals surface area contributed by atoms with Crippen LogP contribution in [0.2, 0.25) is 0 Å². The monoisotopic (exact) mass is 433 g/mol. The summed E-state index contributed by atoms with van der Waals surface area (Å²) in [6, 6.07) is 16.0. The maximum Gasteiger partial charge on any atom is 0.340 e. The second kappa shape index (κ2) is 9.30. The fourth-order valence-electron chi connectivity index (χ4n) is 4.21. The summed E-state index contributed by atoms with van der Waals surface area (Å²) in [6.07, 6.45) is 5.74. The Morgan fingerprint density at radius 1 is 0.906 bits per heavy atom. The van der Waals surface area contributed by atoms with Crippen LogP contribution in [0.15, 0.2) is 65.9 Å². The zero-order valence-electron chi connectivity index (χ0n) is 18.5. The fourth-order valence-corrected chi connectivity index (χ4v) is 4.21. The molecule has 1 saturated carbocycles. The van der Waals surface area contributed by atoms with E-state index < -0.39 is 11.9 Å². The third-order valence-corrected chi connectivity index (χ3v) is 5.96. The molecule has 0 radical (unpaired) electrons. The van der Waals surface area contributed by atoms with Crippen molar-refractivity contribution in [2.24, 2.45) is 5.92 Å². The van der Waals surface area contributed by atoms with Gasteiger partial charge in [0, 0.05) is 12.7 Å². The smallest absolute Gasteiger partial charge is 0.340 e. The average molecular weight is 434 g/mol. The van der Waals surface area contributed by atoms with Crippen LogP contribution in [0.1, 0.15) is 35.6 Å². The molecule has 6 heteroatoms. The van der Waals surface area contributed by atoms with E-state index >= 15 is 0 Å². The molecule has 4 rings (SSSR count). The Morgan fingerprint density at radius 3 is 2.19 bits per heavy atom. The van der Waals surface area contributed by atoms with E-state index in [1.807, 2.05) is 42.5 Å². The summed E-state index contributed by atoms with van der Waals surface area (Å²) in [6.45, 7) is 0.564. The van der Waals surface area contributed by atoms with Crippen molar-refractivity contribution in [3.63, 3.8) is 0 Å². The predicted molar refractivity (Wildman–Crippen MR) is 121 cm³/mol. The van der Waals surface area contributed by atoms with Crippen molar-refractivity contribution < 1.29 is 23.8 Å². The van der Waals surface area contributed by atoms with Gasteiger partial charge in [-0.3, -0.25) is 0 Å². The molecule has 1 aliphatic carbocycles. The van der Waals surface area contributed by atoms with Gasteiger partial charge in [0.25, 0.3) is 0 Å². The molecule has 0 amide bonds. The van der Waals surface area contributed by atoms with Gasteiger partial charge in [0.2, 0.25) is 0 Å². The lowest BCUT2D eigenvalue weighted by molar-refractivity contribution is -0.139. The molecule has 2 aliphatic rings. The number of carbonyl (C=O) groups excluding carboxylic acids is 2. The lowest BCUT2D eigenvalue weighted by Gasteiger charge is -2.34. The van der Waals surface area contributed by atoms with Gasteiger partial charge in [-0.05, 0) is 53.7 Å². The summed E-state index contributed by atoms with van der Waals surface area (Å²) in [5, 5.41) is 0. The van der Waals surface area contributed by atoms with Gasteiger partial charge in [-0.2, -0.15) is 0 Å². The Balaban J connectivity index is 1.87. The summed E-state index contributed by atoms with van der Waals surface area (Å²) in [7, 11) is 4.27. The van der Waals surface area contributed by atoms with Gasteiger partial charge >= 0.3 is 11.9 Å². The molecule has 0 aromatic heterocycles. The molecule has 1 fully saturated rings. The molecular formula is C26H27NO5. The number of hydrogen-bond acceptors (Lipinski definition) is 6. The highest BCUT2D eigenvalue weighted by atomic mass is 16.5. The van der Waals surface area contributed by atoms with Crippen molar-refractivity contribution in [3.8, 4) is 5.75 Å². The molecule has 0 bridgehead atoms. The second-order valence-electron chi connectivity index (χ2n) is 8.02. The highest BCUT2D eigenvalue weighted by Crippen LogP contribution is 2.47. The molecule has 0 spiro atoms. The van der Waals surface area contributed by atoms with Gasteiger partial charge in [-0.25, -0.2) is 9.59 Å². The van der Waals surface area contributed by atoms with Crippen molar-refractivity contribution in [1.29, 1.82) is 0 Å². The molecule has 166 valence electrons. The van der Waals surface area contributed by atoms with Gasteiger partial charge in [0.15, 0.2) is 0 Å². The Morgan fingerprint density at radius 2 is 1.56 bits per heavy atom. The van der Waals surface area contributed by atoms with Crippen LogP contribution in [0.3, 0.4) is 0 Å². The van der Waals surface area contributed by atoms with E-state index in [4.69, 9.17) is 14.2 Å². The number of methoxy groups -OCH3 is 3. The van der Waals surface area contributed by atoms with Crippen LogP contribution < -0.4 is 4.74 Å². The molecule has 1 aliphatic heterocycles. The van der Waals surface area contributed by atoms with Gasteiger partial charge in [0.1, 0.15) is 5.75 Å². The largest absolute Gasteiger partial charge is 0.497 e. The Hall–Kier alpha value is -3.54. The molecule has 32 heavy (non-hydrogen) atoms. The van der Waals surface area contributed by atoms with Crippen molar-refractivity contribution in [3.05, 3.63) is 82.6 Å². The van der Waals surface area contributed by atoms with Crippen LogP contribution in [-0.2, 0) is 25.6 Å². The van der Waals surface area contributed by atoms with Gasteiger partial charge in [-0.15, -0.1) is 0 Å². The molecule has 1 heterocycles. The topological polar surface area (TPSA) is 65.1 Å². The minimum Gasteiger partial charge on any atom is -0.497 e. The van der Waals surface area contributed by atoms with Crippen molar-refractivity contribution in [2.75, 3.05) is 21.3 Å². The van der Waals surface area contributed by atoms with E-state index in [1.165, 1.54) is 14.2 Å². The van der Waals surface area contributed by atoms with Crippen molar-refractivity contribution in [2.45, 2.75) is 25.4 Å². The Labute approximate surface area is 188 Å². The van der Waals surface area contributed by atoms with Crippen LogP contribution in [-0.4, -0.2) is 38.2 Å². The number of carbonyl (C=O) groups is 2. The SMILES string of the molecule is COC(=O)C1=Cc2ccccc2C(C2CC2)N(Cc2ccc(OC)cc2)C=C1C(=O)OC. The Bertz CT molecular complexity index is 1070. The zero-order valence-corrected chi connectivity index (χ0v) is 18.5. The summed E-state index contributed by atoms with van der Waals surface area (Å²) in [5.41, 5.74) is 3.47. The van der Waals surface area contributed by atoms with E-state index in [2.05, 4.69) is 11.0 Å². The highest BCUT2D eigenvalue weighted by molar-refractivity contribution is 6.10. The molecule has 0 saturated heterocycles. The summed E-state index contributed by atoms with van der Waals surface area (Å²) >= 11 is 0. The maximum absolute atomic E-state index is 12.8. The predicted octanol–water partition coefficient (Wildman–Crippen LogP) is 4.28. The minimum atomic E-state index is -0.578. The zero-order chi connectivity index (χ0) is 22.7. The maximum atomic E-state index is 12.8. The summed E-state index contributed by atoms with van der Waals surface area (Å²) in [4.78, 5) is 27.6. The number of esters is 2. The first-order valence-electron chi connectivity index (χ1n) is 10.6. The first-order valence-corrected chi connectivity index (χ1v) is 10.6. The number of hydrogen-bond donors (Lipinski definition) is 0. The number of benzene rings is 2. The van der Waals surface area contributed by atoms with Crippen LogP contribution in [0, 0.1) is 5.92 Å². The van der Waals surface area contributed by atoms with Gasteiger partial charge in [-0.1, -0.05) is 36.4 Å². The lowest BCUT2D eigenvalue weighted by atomic mass is 9.90. The average Bonchev–Trinajstić information content (AvgIpc) is 3.65. The van der Waals surface area contributed by atoms with Gasteiger partial charge in [0.05, 0.1) is 38.5 Å². The summed E-state index contributed by atoms with van der Waals surface area (Å²) in [5.74, 6) is 0.103. The molecule has 1 unspecified atom stereocenters. The van der Waals surface area contributed by atoms with E-state index in [1.54, 1.807) is 19.4 Å². The third-order valence-electron chi connectivity index (χ3n) is 5.96. The van der Waals surface area contributed by atoms with Crippen LogP contribution in [0.5, 0.6) is 5.75 Å². The molecule has 0 N–H and O–H groups in total. The number of fused-ring (bicyclic) bond motifs is 1. The minimum absolute atomic E-state index is 0.0726. The van der Waals surface area contributed by atoms with Crippen LogP contribution in [0.4, 0.5) is 0 Å². The quantitative estimate of drug-likeness (QED) is 0.634. The van der Waals surface area contributed by atoms with E-state index in [-0.39, 0.29) is 17.2 Å². The lowest BCUT2D eigenvalue weighted by Crippen LogP contribution is -2.29. The number of nitrogens with zero attached hydrogens (tertiary/aromatic N) is 1. The van der Waals surface area contributed by atoms with Crippen molar-refractivity contribution in [1.82, 2.24) is 4.90 Å². The summed E-state index contributed by atoms with van der Waals surface area (Å²) < 4.78 is 15.3. The molecule has 2 aromatic rings. The van der Waals surface area contributed by atoms with Crippen LogP contribution >= 0.6 is 0 Å². The van der Waals surface area contributed by atoms with Crippen molar-refractivity contribution >= 4 is 18.0 Å². The van der Waals surface area contributed by atoms with E-state index in [0.29, 0.717) is 12.5 Å². The normalized spacial score (nSPS) is 17.8. The fraction of sp³-hybridized carbons (Fsp3) is 0.308.